The van der Waals surface area contributed by atoms with Crippen molar-refractivity contribution in [3.05, 3.63) is 59.7 Å². The van der Waals surface area contributed by atoms with E-state index in [4.69, 9.17) is 0 Å². The van der Waals surface area contributed by atoms with Gasteiger partial charge in [0.05, 0.1) is 6.10 Å². The van der Waals surface area contributed by atoms with Gasteiger partial charge in [0.15, 0.2) is 11.6 Å². The van der Waals surface area contributed by atoms with Crippen LogP contribution in [0.2, 0.25) is 0 Å². The Hall–Kier alpha value is -3.72. The number of benzene rings is 2. The number of rotatable bonds is 8. The second-order valence-electron chi connectivity index (χ2n) is 6.59. The average molecular weight is 412 g/mol. The van der Waals surface area contributed by atoms with Crippen molar-refractivity contribution in [2.24, 2.45) is 0 Å². The predicted octanol–water partition coefficient (Wildman–Crippen LogP) is 2.40. The molecule has 0 spiro atoms. The number of hydrogen-bond acceptors (Lipinski definition) is 5. The molecular weight excluding hydrogens is 388 g/mol. The molecule has 0 saturated heterocycles. The monoisotopic (exact) mass is 412 g/mol. The minimum atomic E-state index is -0.998. The van der Waals surface area contributed by atoms with Crippen LogP contribution in [0.15, 0.2) is 48.5 Å². The standard InChI is InChI=1S/C21H24N4O5/c1-13(26)15-3-7-17(8-4-15)24-20(29)22-11-19(28)12-23-21(30)25-18-9-5-16(6-10-18)14(2)27/h3-10,19,28H,11-12H2,1-2H3,(H2,22,24,29)(H2,23,25,30). The summed E-state index contributed by atoms with van der Waals surface area (Å²) in [5.74, 6) is -0.141. The van der Waals surface area contributed by atoms with Crippen LogP contribution in [-0.2, 0) is 0 Å². The van der Waals surface area contributed by atoms with Gasteiger partial charge in [-0.15, -0.1) is 0 Å². The molecule has 2 rings (SSSR count). The smallest absolute Gasteiger partial charge is 0.319 e. The zero-order valence-corrected chi connectivity index (χ0v) is 16.7. The Labute approximate surface area is 173 Å². The van der Waals surface area contributed by atoms with E-state index in [2.05, 4.69) is 21.3 Å². The highest BCUT2D eigenvalue weighted by atomic mass is 16.3. The number of carbonyl (C=O) groups is 4. The van der Waals surface area contributed by atoms with Crippen molar-refractivity contribution in [1.82, 2.24) is 10.6 Å². The molecule has 0 aliphatic carbocycles. The summed E-state index contributed by atoms with van der Waals surface area (Å²) >= 11 is 0. The van der Waals surface area contributed by atoms with Gasteiger partial charge in [0.25, 0.3) is 0 Å². The maximum absolute atomic E-state index is 11.9. The number of aliphatic hydroxyl groups excluding tert-OH is 1. The molecule has 9 heteroatoms. The van der Waals surface area contributed by atoms with Gasteiger partial charge in [-0.25, -0.2) is 9.59 Å². The highest BCUT2D eigenvalue weighted by Gasteiger charge is 2.10. The van der Waals surface area contributed by atoms with E-state index in [0.717, 1.165) is 0 Å². The fourth-order valence-corrected chi connectivity index (χ4v) is 2.42. The Morgan fingerprint density at radius 3 is 1.33 bits per heavy atom. The van der Waals surface area contributed by atoms with Crippen LogP contribution in [0.25, 0.3) is 0 Å². The van der Waals surface area contributed by atoms with Crippen LogP contribution in [-0.4, -0.2) is 47.9 Å². The van der Waals surface area contributed by atoms with Crippen LogP contribution < -0.4 is 21.3 Å². The normalized spacial score (nSPS) is 10.3. The minimum absolute atomic E-state index is 0.0706. The third-order valence-electron chi connectivity index (χ3n) is 4.10. The van der Waals surface area contributed by atoms with Crippen LogP contribution in [0, 0.1) is 0 Å². The van der Waals surface area contributed by atoms with Crippen LogP contribution >= 0.6 is 0 Å². The third kappa shape index (κ3) is 7.36. The molecule has 0 aliphatic rings. The topological polar surface area (TPSA) is 137 Å². The summed E-state index contributed by atoms with van der Waals surface area (Å²) < 4.78 is 0. The summed E-state index contributed by atoms with van der Waals surface area (Å²) in [6, 6.07) is 11.7. The Bertz CT molecular complexity index is 834. The Morgan fingerprint density at radius 2 is 1.03 bits per heavy atom. The van der Waals surface area contributed by atoms with E-state index in [1.165, 1.54) is 13.8 Å². The van der Waals surface area contributed by atoms with E-state index in [1.807, 2.05) is 0 Å². The first-order chi connectivity index (χ1) is 14.2. The van der Waals surface area contributed by atoms with Gasteiger partial charge in [0.2, 0.25) is 0 Å². The Morgan fingerprint density at radius 1 is 0.700 bits per heavy atom. The first-order valence-electron chi connectivity index (χ1n) is 9.24. The van der Waals surface area contributed by atoms with E-state index < -0.39 is 18.2 Å². The number of anilines is 2. The van der Waals surface area contributed by atoms with Crippen molar-refractivity contribution in [3.8, 4) is 0 Å². The molecule has 0 heterocycles. The average Bonchev–Trinajstić information content (AvgIpc) is 2.71. The number of urea groups is 2. The van der Waals surface area contributed by atoms with Gasteiger partial charge in [0, 0.05) is 35.6 Å². The first kappa shape index (κ1) is 22.6. The molecule has 0 aromatic heterocycles. The second kappa shape index (κ2) is 10.7. The van der Waals surface area contributed by atoms with Gasteiger partial charge in [-0.1, -0.05) is 0 Å². The molecule has 4 amide bonds. The van der Waals surface area contributed by atoms with Crippen molar-refractivity contribution in [2.45, 2.75) is 20.0 Å². The van der Waals surface area contributed by atoms with Crippen molar-refractivity contribution < 1.29 is 24.3 Å². The molecule has 0 bridgehead atoms. The zero-order valence-electron chi connectivity index (χ0n) is 16.7. The molecule has 0 aliphatic heterocycles. The predicted molar refractivity (Wildman–Crippen MR) is 113 cm³/mol. The summed E-state index contributed by atoms with van der Waals surface area (Å²) in [7, 11) is 0. The lowest BCUT2D eigenvalue weighted by atomic mass is 10.1. The van der Waals surface area contributed by atoms with Crippen LogP contribution in [0.4, 0.5) is 21.0 Å². The molecule has 2 aromatic rings. The van der Waals surface area contributed by atoms with E-state index in [0.29, 0.717) is 22.5 Å². The Balaban J connectivity index is 1.68. The SMILES string of the molecule is CC(=O)c1ccc(NC(=O)NCC(O)CNC(=O)Nc2ccc(C(C)=O)cc2)cc1. The summed E-state index contributed by atoms with van der Waals surface area (Å²) in [5, 5.41) is 20.0. The van der Waals surface area contributed by atoms with E-state index >= 15 is 0 Å². The lowest BCUT2D eigenvalue weighted by molar-refractivity contribution is 0.100. The molecule has 9 nitrogen and oxygen atoms in total. The fraction of sp³-hybridized carbons (Fsp3) is 0.238. The number of Topliss-reactive ketones (excluding diaryl/α,β-unsaturated/α-hetero) is 2. The molecule has 0 radical (unpaired) electrons. The zero-order chi connectivity index (χ0) is 22.1. The number of carbonyl (C=O) groups excluding carboxylic acids is 4. The third-order valence-corrected chi connectivity index (χ3v) is 4.10. The molecular formula is C21H24N4O5. The van der Waals surface area contributed by atoms with Crippen LogP contribution in [0.5, 0.6) is 0 Å². The highest BCUT2D eigenvalue weighted by molar-refractivity contribution is 5.96. The van der Waals surface area contributed by atoms with Crippen molar-refractivity contribution >= 4 is 35.0 Å². The maximum atomic E-state index is 11.9. The maximum Gasteiger partial charge on any atom is 0.319 e. The van der Waals surface area contributed by atoms with Gasteiger partial charge < -0.3 is 26.4 Å². The van der Waals surface area contributed by atoms with Gasteiger partial charge >= 0.3 is 12.1 Å². The van der Waals surface area contributed by atoms with Crippen molar-refractivity contribution in [3.63, 3.8) is 0 Å². The number of hydrogen-bond donors (Lipinski definition) is 5. The second-order valence-corrected chi connectivity index (χ2v) is 6.59. The minimum Gasteiger partial charge on any atom is -0.389 e. The number of nitrogens with one attached hydrogen (secondary N) is 4. The first-order valence-corrected chi connectivity index (χ1v) is 9.24. The van der Waals surface area contributed by atoms with E-state index in [9.17, 15) is 24.3 Å². The van der Waals surface area contributed by atoms with E-state index in [1.54, 1.807) is 48.5 Å². The van der Waals surface area contributed by atoms with Crippen LogP contribution in [0.1, 0.15) is 34.6 Å². The molecule has 158 valence electrons. The summed E-state index contributed by atoms with van der Waals surface area (Å²) in [4.78, 5) is 46.2. The number of amides is 4. The van der Waals surface area contributed by atoms with Gasteiger partial charge in [-0.2, -0.15) is 0 Å². The molecule has 0 unspecified atom stereocenters. The molecule has 0 saturated carbocycles. The lowest BCUT2D eigenvalue weighted by Gasteiger charge is -2.14. The summed E-state index contributed by atoms with van der Waals surface area (Å²) in [5.41, 5.74) is 2.08. The van der Waals surface area contributed by atoms with Gasteiger partial charge in [-0.05, 0) is 62.4 Å². The molecule has 0 fully saturated rings. The molecule has 2 aromatic carbocycles. The van der Waals surface area contributed by atoms with Crippen LogP contribution in [0.3, 0.4) is 0 Å². The number of aliphatic hydroxyl groups is 1. The summed E-state index contributed by atoms with van der Waals surface area (Å²) in [6.07, 6.45) is -0.998. The Kier molecular flexibility index (Phi) is 8.07. The molecule has 5 N–H and O–H groups in total. The largest absolute Gasteiger partial charge is 0.389 e. The van der Waals surface area contributed by atoms with Crippen molar-refractivity contribution in [1.29, 1.82) is 0 Å². The quantitative estimate of drug-likeness (QED) is 0.424. The fourth-order valence-electron chi connectivity index (χ4n) is 2.42. The molecule has 0 atom stereocenters. The van der Waals surface area contributed by atoms with Crippen molar-refractivity contribution in [2.75, 3.05) is 23.7 Å². The van der Waals surface area contributed by atoms with Gasteiger partial charge in [-0.3, -0.25) is 9.59 Å². The van der Waals surface area contributed by atoms with E-state index in [-0.39, 0.29) is 24.7 Å². The highest BCUT2D eigenvalue weighted by Crippen LogP contribution is 2.10. The summed E-state index contributed by atoms with van der Waals surface area (Å²) in [6.45, 7) is 2.75. The lowest BCUT2D eigenvalue weighted by Crippen LogP contribution is -2.42. The number of ketones is 2. The molecule has 30 heavy (non-hydrogen) atoms. The van der Waals surface area contributed by atoms with Gasteiger partial charge in [0.1, 0.15) is 0 Å².